The fourth-order valence-corrected chi connectivity index (χ4v) is 2.70. The molecule has 3 aromatic rings. The Morgan fingerprint density at radius 2 is 1.63 bits per heavy atom. The van der Waals surface area contributed by atoms with Crippen molar-refractivity contribution in [3.8, 4) is 5.75 Å². The number of hydrogen-bond donors (Lipinski definition) is 1. The molecule has 0 saturated carbocycles. The first-order valence-corrected chi connectivity index (χ1v) is 8.33. The van der Waals surface area contributed by atoms with Crippen molar-refractivity contribution < 1.29 is 23.5 Å². The lowest BCUT2D eigenvalue weighted by Gasteiger charge is -2.15. The number of carbonyl (C=O) groups excluding carboxylic acids is 2. The van der Waals surface area contributed by atoms with E-state index in [9.17, 15) is 14.0 Å². The molecule has 6 heteroatoms. The predicted molar refractivity (Wildman–Crippen MR) is 100 cm³/mol. The van der Waals surface area contributed by atoms with Gasteiger partial charge in [-0.05, 0) is 36.6 Å². The number of esters is 1. The summed E-state index contributed by atoms with van der Waals surface area (Å²) >= 11 is 0. The van der Waals surface area contributed by atoms with Gasteiger partial charge < -0.3 is 14.8 Å². The summed E-state index contributed by atoms with van der Waals surface area (Å²) in [6.45, 7) is 1.43. The summed E-state index contributed by atoms with van der Waals surface area (Å²) < 4.78 is 24.2. The van der Waals surface area contributed by atoms with Gasteiger partial charge in [0.05, 0.1) is 18.4 Å². The number of halogens is 1. The Morgan fingerprint density at radius 3 is 2.33 bits per heavy atom. The molecule has 0 bridgehead atoms. The van der Waals surface area contributed by atoms with E-state index < -0.39 is 23.8 Å². The van der Waals surface area contributed by atoms with Gasteiger partial charge in [0.25, 0.3) is 5.91 Å². The van der Waals surface area contributed by atoms with E-state index in [1.165, 1.54) is 25.1 Å². The van der Waals surface area contributed by atoms with Gasteiger partial charge >= 0.3 is 5.97 Å². The molecule has 1 atom stereocenters. The number of benzene rings is 3. The van der Waals surface area contributed by atoms with Gasteiger partial charge in [0.2, 0.25) is 0 Å². The summed E-state index contributed by atoms with van der Waals surface area (Å²) in [7, 11) is 1.55. The van der Waals surface area contributed by atoms with Crippen LogP contribution in [0.1, 0.15) is 17.3 Å². The first kappa shape index (κ1) is 18.4. The van der Waals surface area contributed by atoms with E-state index in [-0.39, 0.29) is 5.69 Å². The van der Waals surface area contributed by atoms with Crippen molar-refractivity contribution in [2.75, 3.05) is 12.4 Å². The Hall–Kier alpha value is -3.41. The van der Waals surface area contributed by atoms with Crippen LogP contribution in [-0.2, 0) is 9.53 Å². The van der Waals surface area contributed by atoms with Crippen LogP contribution in [0.4, 0.5) is 10.1 Å². The Kier molecular flexibility index (Phi) is 5.35. The first-order chi connectivity index (χ1) is 13.0. The quantitative estimate of drug-likeness (QED) is 0.688. The summed E-state index contributed by atoms with van der Waals surface area (Å²) in [6.07, 6.45) is -1.10. The molecule has 3 aromatic carbocycles. The molecule has 0 spiro atoms. The maximum absolute atomic E-state index is 13.7. The number of hydrogen-bond acceptors (Lipinski definition) is 4. The average Bonchev–Trinajstić information content (AvgIpc) is 2.68. The minimum Gasteiger partial charge on any atom is -0.496 e. The van der Waals surface area contributed by atoms with Crippen molar-refractivity contribution in [3.05, 3.63) is 72.0 Å². The maximum atomic E-state index is 13.7. The van der Waals surface area contributed by atoms with Crippen molar-refractivity contribution >= 4 is 28.3 Å². The van der Waals surface area contributed by atoms with Crippen molar-refractivity contribution in [3.63, 3.8) is 0 Å². The monoisotopic (exact) mass is 367 g/mol. The van der Waals surface area contributed by atoms with Gasteiger partial charge in [-0.1, -0.05) is 36.4 Å². The number of nitrogens with one attached hydrogen (secondary N) is 1. The maximum Gasteiger partial charge on any atom is 0.339 e. The third-order valence-electron chi connectivity index (χ3n) is 4.11. The molecule has 0 aliphatic heterocycles. The predicted octanol–water partition coefficient (Wildman–Crippen LogP) is 4.17. The second kappa shape index (κ2) is 7.86. The SMILES string of the molecule is COc1ccc(C(=O)O[C@H](C)C(=O)Nc2ccccc2F)c2ccccc12. The van der Waals surface area contributed by atoms with Crippen LogP contribution in [0.5, 0.6) is 5.75 Å². The number of carbonyl (C=O) groups is 2. The van der Waals surface area contributed by atoms with Crippen molar-refractivity contribution in [2.45, 2.75) is 13.0 Å². The zero-order valence-corrected chi connectivity index (χ0v) is 14.9. The van der Waals surface area contributed by atoms with Crippen molar-refractivity contribution in [1.82, 2.24) is 0 Å². The summed E-state index contributed by atoms with van der Waals surface area (Å²) in [4.78, 5) is 24.8. The molecule has 5 nitrogen and oxygen atoms in total. The van der Waals surface area contributed by atoms with Gasteiger partial charge in [-0.3, -0.25) is 4.79 Å². The zero-order chi connectivity index (χ0) is 19.4. The fourth-order valence-electron chi connectivity index (χ4n) is 2.70. The molecule has 138 valence electrons. The molecule has 0 saturated heterocycles. The van der Waals surface area contributed by atoms with Gasteiger partial charge in [-0.2, -0.15) is 0 Å². The van der Waals surface area contributed by atoms with Crippen LogP contribution in [0.3, 0.4) is 0 Å². The molecule has 0 radical (unpaired) electrons. The summed E-state index contributed by atoms with van der Waals surface area (Å²) in [5, 5.41) is 3.83. The van der Waals surface area contributed by atoms with E-state index in [1.807, 2.05) is 12.1 Å². The lowest BCUT2D eigenvalue weighted by Crippen LogP contribution is -2.30. The average molecular weight is 367 g/mol. The van der Waals surface area contributed by atoms with Crippen LogP contribution in [0, 0.1) is 5.82 Å². The number of anilines is 1. The highest BCUT2D eigenvalue weighted by Gasteiger charge is 2.21. The van der Waals surface area contributed by atoms with Crippen LogP contribution in [-0.4, -0.2) is 25.1 Å². The van der Waals surface area contributed by atoms with E-state index in [4.69, 9.17) is 9.47 Å². The van der Waals surface area contributed by atoms with Gasteiger partial charge in [0, 0.05) is 5.39 Å². The molecule has 27 heavy (non-hydrogen) atoms. The van der Waals surface area contributed by atoms with E-state index >= 15 is 0 Å². The summed E-state index contributed by atoms with van der Waals surface area (Å²) in [5.41, 5.74) is 0.345. The molecule has 0 aromatic heterocycles. The first-order valence-electron chi connectivity index (χ1n) is 8.33. The molecule has 3 rings (SSSR count). The Morgan fingerprint density at radius 1 is 0.963 bits per heavy atom. The number of fused-ring (bicyclic) bond motifs is 1. The lowest BCUT2D eigenvalue weighted by molar-refractivity contribution is -0.123. The number of methoxy groups -OCH3 is 1. The number of ether oxygens (including phenoxy) is 2. The summed E-state index contributed by atoms with van der Waals surface area (Å²) in [5.74, 6) is -1.20. The molecule has 1 N–H and O–H groups in total. The van der Waals surface area contributed by atoms with Crippen molar-refractivity contribution in [1.29, 1.82) is 0 Å². The van der Waals surface area contributed by atoms with Gasteiger partial charge in [-0.25, -0.2) is 9.18 Å². The molecule has 1 amide bonds. The molecule has 0 fully saturated rings. The van der Waals surface area contributed by atoms with Gasteiger partial charge in [-0.15, -0.1) is 0 Å². The van der Waals surface area contributed by atoms with Crippen LogP contribution < -0.4 is 10.1 Å². The normalized spacial score (nSPS) is 11.7. The molecule has 0 unspecified atom stereocenters. The third-order valence-corrected chi connectivity index (χ3v) is 4.11. The zero-order valence-electron chi connectivity index (χ0n) is 14.9. The molecular formula is C21H18FNO4. The second-order valence-corrected chi connectivity index (χ2v) is 5.88. The van der Waals surface area contributed by atoms with Crippen LogP contribution >= 0.6 is 0 Å². The summed E-state index contributed by atoms with van der Waals surface area (Å²) in [6, 6.07) is 16.3. The van der Waals surface area contributed by atoms with Gasteiger partial charge in [0.15, 0.2) is 6.10 Å². The molecule has 0 aliphatic carbocycles. The van der Waals surface area contributed by atoms with Crippen LogP contribution in [0.2, 0.25) is 0 Å². The Labute approximate surface area is 155 Å². The smallest absolute Gasteiger partial charge is 0.339 e. The van der Waals surface area contributed by atoms with E-state index in [0.29, 0.717) is 16.7 Å². The third kappa shape index (κ3) is 3.89. The number of amides is 1. The Bertz CT molecular complexity index is 1000. The standard InChI is InChI=1S/C21H18FNO4/c1-13(20(24)23-18-10-6-5-9-17(18)22)27-21(25)16-11-12-19(26-2)15-8-4-3-7-14(15)16/h3-13H,1-2H3,(H,23,24)/t13-/m1/s1. The number of rotatable bonds is 5. The highest BCUT2D eigenvalue weighted by molar-refractivity contribution is 6.07. The topological polar surface area (TPSA) is 64.6 Å². The number of para-hydroxylation sites is 1. The minimum atomic E-state index is -1.10. The van der Waals surface area contributed by atoms with E-state index in [2.05, 4.69) is 5.32 Å². The molecule has 0 heterocycles. The minimum absolute atomic E-state index is 0.0281. The van der Waals surface area contributed by atoms with E-state index in [0.717, 1.165) is 5.39 Å². The largest absolute Gasteiger partial charge is 0.496 e. The van der Waals surface area contributed by atoms with Gasteiger partial charge in [0.1, 0.15) is 11.6 Å². The Balaban J connectivity index is 1.78. The highest BCUT2D eigenvalue weighted by Crippen LogP contribution is 2.29. The van der Waals surface area contributed by atoms with Crippen LogP contribution in [0.15, 0.2) is 60.7 Å². The van der Waals surface area contributed by atoms with Crippen LogP contribution in [0.25, 0.3) is 10.8 Å². The molecular weight excluding hydrogens is 349 g/mol. The van der Waals surface area contributed by atoms with Crippen molar-refractivity contribution in [2.24, 2.45) is 0 Å². The highest BCUT2D eigenvalue weighted by atomic mass is 19.1. The lowest BCUT2D eigenvalue weighted by atomic mass is 10.0. The molecule has 0 aliphatic rings. The van der Waals surface area contributed by atoms with E-state index in [1.54, 1.807) is 37.4 Å². The fraction of sp³-hybridized carbons (Fsp3) is 0.143. The second-order valence-electron chi connectivity index (χ2n) is 5.88.